The molecule has 1 saturated heterocycles. The van der Waals surface area contributed by atoms with Crippen molar-refractivity contribution >= 4 is 17.0 Å². The SMILES string of the molecule is COC[C@H]1O[C@@H](n2cnc3c(NCC(c4ccccc4)c4ccccc4)nc(CCN)nc32)[C@H](O)[C@@H]1O. The first-order valence-electron chi connectivity index (χ1n) is 12.4. The summed E-state index contributed by atoms with van der Waals surface area (Å²) in [7, 11) is 1.52. The fourth-order valence-electron chi connectivity index (χ4n) is 4.77. The number of fused-ring (bicyclic) bond motifs is 1. The van der Waals surface area contributed by atoms with Gasteiger partial charge in [0.25, 0.3) is 0 Å². The average molecular weight is 505 g/mol. The topological polar surface area (TPSA) is 141 Å². The fraction of sp³-hybridized carbons (Fsp3) is 0.370. The third-order valence-electron chi connectivity index (χ3n) is 6.66. The van der Waals surface area contributed by atoms with Crippen LogP contribution in [0.2, 0.25) is 0 Å². The predicted molar refractivity (Wildman–Crippen MR) is 139 cm³/mol. The maximum atomic E-state index is 10.7. The van der Waals surface area contributed by atoms with Crippen molar-refractivity contribution in [3.63, 3.8) is 0 Å². The van der Waals surface area contributed by atoms with E-state index in [1.165, 1.54) is 18.2 Å². The van der Waals surface area contributed by atoms with Crippen LogP contribution in [0.25, 0.3) is 11.2 Å². The van der Waals surface area contributed by atoms with E-state index in [-0.39, 0.29) is 12.5 Å². The van der Waals surface area contributed by atoms with Crippen LogP contribution in [0.4, 0.5) is 5.82 Å². The lowest BCUT2D eigenvalue weighted by molar-refractivity contribution is -0.0580. The molecule has 0 radical (unpaired) electrons. The Morgan fingerprint density at radius 1 is 1.03 bits per heavy atom. The molecule has 0 amide bonds. The number of aromatic nitrogens is 4. The molecule has 10 nitrogen and oxygen atoms in total. The molecule has 10 heteroatoms. The molecule has 0 spiro atoms. The van der Waals surface area contributed by atoms with Gasteiger partial charge in [0, 0.05) is 26.0 Å². The number of nitrogens with one attached hydrogen (secondary N) is 1. The second kappa shape index (κ2) is 11.3. The zero-order valence-corrected chi connectivity index (χ0v) is 20.6. The van der Waals surface area contributed by atoms with Gasteiger partial charge in [-0.3, -0.25) is 4.57 Å². The van der Waals surface area contributed by atoms with E-state index >= 15 is 0 Å². The van der Waals surface area contributed by atoms with Crippen LogP contribution >= 0.6 is 0 Å². The number of nitrogens with zero attached hydrogens (tertiary/aromatic N) is 4. The monoisotopic (exact) mass is 504 g/mol. The molecule has 0 unspecified atom stereocenters. The number of aliphatic hydroxyl groups is 2. The van der Waals surface area contributed by atoms with Crippen molar-refractivity contribution in [3.05, 3.63) is 83.9 Å². The van der Waals surface area contributed by atoms with E-state index in [1.54, 1.807) is 10.9 Å². The van der Waals surface area contributed by atoms with Gasteiger partial charge >= 0.3 is 0 Å². The van der Waals surface area contributed by atoms with Gasteiger partial charge in [0.15, 0.2) is 23.2 Å². The summed E-state index contributed by atoms with van der Waals surface area (Å²) in [6.45, 7) is 1.11. The zero-order chi connectivity index (χ0) is 25.8. The Balaban J connectivity index is 1.49. The predicted octanol–water partition coefficient (Wildman–Crippen LogP) is 1.84. The maximum absolute atomic E-state index is 10.7. The highest BCUT2D eigenvalue weighted by atomic mass is 16.6. The Labute approximate surface area is 215 Å². The molecule has 1 fully saturated rings. The number of imidazole rings is 1. The quantitative estimate of drug-likeness (QED) is 0.255. The summed E-state index contributed by atoms with van der Waals surface area (Å²) in [6, 6.07) is 20.6. The van der Waals surface area contributed by atoms with Crippen LogP contribution in [0.3, 0.4) is 0 Å². The Morgan fingerprint density at radius 2 is 1.70 bits per heavy atom. The van der Waals surface area contributed by atoms with Crippen molar-refractivity contribution in [2.75, 3.05) is 32.1 Å². The minimum Gasteiger partial charge on any atom is -0.387 e. The molecule has 0 bridgehead atoms. The maximum Gasteiger partial charge on any atom is 0.167 e. The summed E-state index contributed by atoms with van der Waals surface area (Å²) in [5.41, 5.74) is 9.22. The number of methoxy groups -OCH3 is 1. The summed E-state index contributed by atoms with van der Waals surface area (Å²) in [4.78, 5) is 13.9. The number of hydrogen-bond acceptors (Lipinski definition) is 9. The third kappa shape index (κ3) is 5.20. The molecular formula is C27H32N6O4. The van der Waals surface area contributed by atoms with Crippen molar-refractivity contribution < 1.29 is 19.7 Å². The summed E-state index contributed by atoms with van der Waals surface area (Å²) >= 11 is 0. The normalized spacial score (nSPS) is 21.6. The second-order valence-corrected chi connectivity index (χ2v) is 9.11. The van der Waals surface area contributed by atoms with Gasteiger partial charge in [0.05, 0.1) is 12.9 Å². The summed E-state index contributed by atoms with van der Waals surface area (Å²) in [5, 5.41) is 24.6. The number of anilines is 1. The molecule has 5 N–H and O–H groups in total. The molecule has 4 aromatic rings. The lowest BCUT2D eigenvalue weighted by Gasteiger charge is -2.20. The smallest absolute Gasteiger partial charge is 0.167 e. The van der Waals surface area contributed by atoms with Gasteiger partial charge in [0.2, 0.25) is 0 Å². The van der Waals surface area contributed by atoms with Gasteiger partial charge in [-0.2, -0.15) is 0 Å². The third-order valence-corrected chi connectivity index (χ3v) is 6.66. The summed E-state index contributed by atoms with van der Waals surface area (Å²) in [6.07, 6.45) is -1.76. The molecule has 4 atom stereocenters. The highest BCUT2D eigenvalue weighted by molar-refractivity contribution is 5.83. The van der Waals surface area contributed by atoms with Gasteiger partial charge in [-0.05, 0) is 17.7 Å². The Morgan fingerprint density at radius 3 is 2.32 bits per heavy atom. The first-order chi connectivity index (χ1) is 18.1. The Bertz CT molecular complexity index is 1260. The van der Waals surface area contributed by atoms with Gasteiger partial charge in [-0.15, -0.1) is 0 Å². The number of ether oxygens (including phenoxy) is 2. The molecule has 5 rings (SSSR count). The van der Waals surface area contributed by atoms with E-state index in [1.807, 2.05) is 36.4 Å². The summed E-state index contributed by atoms with van der Waals surface area (Å²) < 4.78 is 12.7. The van der Waals surface area contributed by atoms with Crippen LogP contribution in [0.5, 0.6) is 0 Å². The van der Waals surface area contributed by atoms with Gasteiger partial charge < -0.3 is 30.7 Å². The van der Waals surface area contributed by atoms with Crippen molar-refractivity contribution in [2.45, 2.75) is 36.9 Å². The van der Waals surface area contributed by atoms with Gasteiger partial charge in [0.1, 0.15) is 24.1 Å². The van der Waals surface area contributed by atoms with E-state index in [9.17, 15) is 10.2 Å². The van der Waals surface area contributed by atoms with E-state index in [4.69, 9.17) is 20.2 Å². The zero-order valence-electron chi connectivity index (χ0n) is 20.6. The second-order valence-electron chi connectivity index (χ2n) is 9.11. The van der Waals surface area contributed by atoms with E-state index in [0.717, 1.165) is 0 Å². The number of rotatable bonds is 10. The van der Waals surface area contributed by atoms with Crippen molar-refractivity contribution in [3.8, 4) is 0 Å². The van der Waals surface area contributed by atoms with E-state index in [0.29, 0.717) is 42.3 Å². The molecule has 2 aromatic carbocycles. The minimum absolute atomic E-state index is 0.0809. The Hall–Kier alpha value is -3.41. The van der Waals surface area contributed by atoms with Gasteiger partial charge in [-0.1, -0.05) is 60.7 Å². The van der Waals surface area contributed by atoms with Crippen LogP contribution in [0.1, 0.15) is 29.1 Å². The molecule has 3 heterocycles. The largest absolute Gasteiger partial charge is 0.387 e. The number of aliphatic hydroxyl groups excluding tert-OH is 2. The van der Waals surface area contributed by atoms with Crippen molar-refractivity contribution in [1.82, 2.24) is 19.5 Å². The molecule has 0 aliphatic carbocycles. The molecule has 1 aliphatic heterocycles. The average Bonchev–Trinajstić information content (AvgIpc) is 3.47. The molecule has 2 aromatic heterocycles. The molecule has 0 saturated carbocycles. The Kier molecular flexibility index (Phi) is 7.73. The van der Waals surface area contributed by atoms with Crippen LogP contribution in [-0.4, -0.2) is 74.9 Å². The summed E-state index contributed by atoms with van der Waals surface area (Å²) in [5.74, 6) is 1.21. The van der Waals surface area contributed by atoms with Crippen molar-refractivity contribution in [2.24, 2.45) is 5.73 Å². The van der Waals surface area contributed by atoms with Crippen LogP contribution in [0.15, 0.2) is 67.0 Å². The first kappa shape index (κ1) is 25.2. The minimum atomic E-state index is -1.16. The van der Waals surface area contributed by atoms with Crippen LogP contribution in [0, 0.1) is 0 Å². The van der Waals surface area contributed by atoms with Gasteiger partial charge in [-0.25, -0.2) is 15.0 Å². The highest BCUT2D eigenvalue weighted by Gasteiger charge is 2.44. The highest BCUT2D eigenvalue weighted by Crippen LogP contribution is 2.33. The number of benzene rings is 2. The van der Waals surface area contributed by atoms with Crippen LogP contribution in [-0.2, 0) is 15.9 Å². The fourth-order valence-corrected chi connectivity index (χ4v) is 4.77. The van der Waals surface area contributed by atoms with Crippen molar-refractivity contribution in [1.29, 1.82) is 0 Å². The first-order valence-corrected chi connectivity index (χ1v) is 12.4. The standard InChI is InChI=1S/C27H32N6O4/c1-36-15-20-23(34)24(35)27(37-20)33-16-30-22-25(31-21(12-13-28)32-26(22)33)29-14-19(17-8-4-2-5-9-17)18-10-6-3-7-11-18/h2-11,16,19-20,23-24,27,34-35H,12-15,28H2,1H3,(H,29,31,32)/t20-,23-,24-,27-/m1/s1. The lowest BCUT2D eigenvalue weighted by Crippen LogP contribution is -2.33. The number of nitrogens with two attached hydrogens (primary N) is 1. The molecular weight excluding hydrogens is 472 g/mol. The molecule has 1 aliphatic rings. The van der Waals surface area contributed by atoms with E-state index < -0.39 is 24.5 Å². The number of hydrogen-bond donors (Lipinski definition) is 4. The van der Waals surface area contributed by atoms with E-state index in [2.05, 4.69) is 39.6 Å². The lowest BCUT2D eigenvalue weighted by atomic mass is 9.91. The molecule has 194 valence electrons. The van der Waals surface area contributed by atoms with Crippen LogP contribution < -0.4 is 11.1 Å². The molecule has 37 heavy (non-hydrogen) atoms.